The highest BCUT2D eigenvalue weighted by atomic mass is 16.4. The monoisotopic (exact) mass is 1240 g/mol. The van der Waals surface area contributed by atoms with Crippen molar-refractivity contribution < 1.29 is 8.83 Å². The molecule has 3 aliphatic rings. The first kappa shape index (κ1) is 56.2. The fourth-order valence-electron chi connectivity index (χ4n) is 16.5. The predicted octanol–water partition coefficient (Wildman–Crippen LogP) is 23.3. The van der Waals surface area contributed by atoms with Crippen LogP contribution in [0.25, 0.3) is 78.5 Å². The molecule has 6 nitrogen and oxygen atoms in total. The molecular weight excluding hydrogens is 1180 g/mol. The smallest absolute Gasteiger partial charge is 0.227 e. The Kier molecular flexibility index (Phi) is 12.7. The molecule has 0 spiro atoms. The number of nitrogens with zero attached hydrogens (tertiary/aromatic N) is 4. The van der Waals surface area contributed by atoms with Crippen molar-refractivity contribution in [3.63, 3.8) is 0 Å². The lowest BCUT2D eigenvalue weighted by Gasteiger charge is -2.35. The molecule has 0 saturated carbocycles. The Balaban J connectivity index is 0.767. The highest BCUT2D eigenvalue weighted by Gasteiger charge is 2.48. The van der Waals surface area contributed by atoms with E-state index in [9.17, 15) is 0 Å². The molecule has 0 N–H and O–H groups in total. The van der Waals surface area contributed by atoms with Crippen molar-refractivity contribution >= 4 is 56.3 Å². The van der Waals surface area contributed by atoms with Crippen molar-refractivity contribution in [2.75, 3.05) is 9.80 Å². The van der Waals surface area contributed by atoms with Gasteiger partial charge in [-0.3, -0.25) is 0 Å². The number of aromatic nitrogens is 2. The summed E-state index contributed by atoms with van der Waals surface area (Å²) in [6, 6.07) is 124. The van der Waals surface area contributed by atoms with Gasteiger partial charge in [-0.15, -0.1) is 0 Å². The van der Waals surface area contributed by atoms with Crippen LogP contribution in [0.2, 0.25) is 0 Å². The van der Waals surface area contributed by atoms with Gasteiger partial charge in [-0.25, -0.2) is 9.97 Å². The molecule has 19 rings (SSSR count). The van der Waals surface area contributed by atoms with Crippen LogP contribution in [0.3, 0.4) is 0 Å². The molecule has 0 atom stereocenters. The maximum Gasteiger partial charge on any atom is 0.227 e. The molecule has 0 unspecified atom stereocenters. The summed E-state index contributed by atoms with van der Waals surface area (Å²) in [6.45, 7) is 4.79. The van der Waals surface area contributed by atoms with Gasteiger partial charge in [-0.05, 0) is 210 Å². The van der Waals surface area contributed by atoms with Gasteiger partial charge in [0.05, 0.1) is 10.8 Å². The third kappa shape index (κ3) is 8.53. The standard InChI is InChI=1S/C91H62N4O2/c1-89(2)79-55-67(94(65-43-39-59(40-44-65)87-92-83-35-19-21-37-85(83)96-87)69-49-53-75-71-31-15-17-33-77(71)90(81(75)57-69,61-23-7-3-8-24-61)62-25-9-4-10-26-62)47-51-73(79)74-52-48-68(56-80(74)89)95(66-45-41-60(42-46-66)88-93-84-36-20-22-38-86(84)97-88)70-50-54-76-72-32-16-18-34-78(72)91(82(76)58-70,63-27-11-5-12-28-63)64-29-13-6-14-30-64/h3-58H,1-2H3. The molecule has 0 bridgehead atoms. The van der Waals surface area contributed by atoms with E-state index >= 15 is 0 Å². The minimum atomic E-state index is -0.592. The molecule has 97 heavy (non-hydrogen) atoms. The van der Waals surface area contributed by atoms with Crippen LogP contribution in [0.4, 0.5) is 34.1 Å². The average Bonchev–Trinajstić information content (AvgIpc) is 1.56. The number of hydrogen-bond acceptors (Lipinski definition) is 6. The molecule has 14 aromatic carbocycles. The molecule has 6 heteroatoms. The van der Waals surface area contributed by atoms with Crippen LogP contribution in [0.5, 0.6) is 0 Å². The summed E-state index contributed by atoms with van der Waals surface area (Å²) in [7, 11) is 0. The SMILES string of the molecule is CC1(C)c2cc(N(c3ccc(-c4nc5ccccc5o4)cc3)c3ccc4c(c3)C(c3ccccc3)(c3ccccc3)c3ccccc3-4)ccc2-c2ccc(N(c3ccc(-c4nc5ccccc5o4)cc3)c3ccc4c(c3)C(c3ccccc3)(c3ccccc3)c3ccccc3-4)cc21. The van der Waals surface area contributed by atoms with Gasteiger partial charge >= 0.3 is 0 Å². The minimum absolute atomic E-state index is 0.438. The molecule has 0 fully saturated rings. The molecule has 458 valence electrons. The maximum absolute atomic E-state index is 6.36. The van der Waals surface area contributed by atoms with Crippen LogP contribution >= 0.6 is 0 Å². The molecular formula is C91H62N4O2. The molecule has 0 amide bonds. The lowest BCUT2D eigenvalue weighted by Crippen LogP contribution is -2.28. The number of rotatable bonds is 12. The highest BCUT2D eigenvalue weighted by molar-refractivity contribution is 5.94. The number of fused-ring (bicyclic) bond motifs is 11. The average molecular weight is 1240 g/mol. The van der Waals surface area contributed by atoms with E-state index in [4.69, 9.17) is 18.8 Å². The molecule has 2 aromatic heterocycles. The minimum Gasteiger partial charge on any atom is -0.436 e. The van der Waals surface area contributed by atoms with Crippen LogP contribution in [0.15, 0.2) is 349 Å². The lowest BCUT2D eigenvalue weighted by molar-refractivity contribution is 0.619. The third-order valence-electron chi connectivity index (χ3n) is 20.9. The summed E-state index contributed by atoms with van der Waals surface area (Å²) in [4.78, 5) is 14.7. The molecule has 3 aliphatic carbocycles. The van der Waals surface area contributed by atoms with Gasteiger partial charge in [0.1, 0.15) is 11.0 Å². The quantitative estimate of drug-likeness (QED) is 0.121. The van der Waals surface area contributed by atoms with Crippen LogP contribution < -0.4 is 9.80 Å². The van der Waals surface area contributed by atoms with Crippen molar-refractivity contribution in [2.24, 2.45) is 0 Å². The zero-order valence-corrected chi connectivity index (χ0v) is 53.4. The van der Waals surface area contributed by atoms with Crippen molar-refractivity contribution in [1.82, 2.24) is 9.97 Å². The molecule has 0 saturated heterocycles. The van der Waals surface area contributed by atoms with Crippen LogP contribution in [-0.2, 0) is 16.2 Å². The summed E-state index contributed by atoms with van der Waals surface area (Å²) in [5, 5.41) is 0. The van der Waals surface area contributed by atoms with Gasteiger partial charge < -0.3 is 18.6 Å². The second-order valence-electron chi connectivity index (χ2n) is 26.3. The summed E-state index contributed by atoms with van der Waals surface area (Å²) in [5.74, 6) is 1.18. The summed E-state index contributed by atoms with van der Waals surface area (Å²) in [5.41, 5.74) is 29.4. The van der Waals surface area contributed by atoms with Crippen LogP contribution in [-0.4, -0.2) is 9.97 Å². The number of benzene rings is 14. The maximum atomic E-state index is 6.36. The van der Waals surface area contributed by atoms with E-state index in [2.05, 4.69) is 315 Å². The zero-order valence-electron chi connectivity index (χ0n) is 53.4. The highest BCUT2D eigenvalue weighted by Crippen LogP contribution is 2.60. The van der Waals surface area contributed by atoms with E-state index in [1.807, 2.05) is 48.5 Å². The molecule has 2 heterocycles. The first-order valence-corrected chi connectivity index (χ1v) is 33.3. The van der Waals surface area contributed by atoms with Gasteiger partial charge in [0.25, 0.3) is 0 Å². The molecule has 16 aromatic rings. The number of anilines is 6. The van der Waals surface area contributed by atoms with Crippen molar-refractivity contribution in [2.45, 2.75) is 30.1 Å². The fraction of sp³-hybridized carbons (Fsp3) is 0.0549. The topological polar surface area (TPSA) is 58.5 Å². The van der Waals surface area contributed by atoms with E-state index in [-0.39, 0.29) is 0 Å². The first-order valence-electron chi connectivity index (χ1n) is 33.3. The lowest BCUT2D eigenvalue weighted by atomic mass is 9.67. The van der Waals surface area contributed by atoms with E-state index in [1.54, 1.807) is 0 Å². The Hall–Kier alpha value is -12.4. The second kappa shape index (κ2) is 21.9. The predicted molar refractivity (Wildman–Crippen MR) is 394 cm³/mol. The normalized spacial score (nSPS) is 13.9. The summed E-state index contributed by atoms with van der Waals surface area (Å²) >= 11 is 0. The van der Waals surface area contributed by atoms with Crippen LogP contribution in [0, 0.1) is 0 Å². The van der Waals surface area contributed by atoms with Gasteiger partial charge in [0.2, 0.25) is 11.8 Å². The molecule has 0 aliphatic heterocycles. The Bertz CT molecular complexity index is 5240. The summed E-state index contributed by atoms with van der Waals surface area (Å²) < 4.78 is 12.7. The van der Waals surface area contributed by atoms with Crippen molar-refractivity contribution in [3.8, 4) is 56.3 Å². The Morgan fingerprint density at radius 1 is 0.247 bits per heavy atom. The van der Waals surface area contributed by atoms with E-state index < -0.39 is 16.2 Å². The largest absolute Gasteiger partial charge is 0.436 e. The van der Waals surface area contributed by atoms with Gasteiger partial charge in [-0.2, -0.15) is 0 Å². The van der Waals surface area contributed by atoms with E-state index in [1.165, 1.54) is 89.0 Å². The van der Waals surface area contributed by atoms with Gasteiger partial charge in [0, 0.05) is 50.7 Å². The first-order chi connectivity index (χ1) is 47.8. The Labute approximate surface area is 563 Å². The van der Waals surface area contributed by atoms with E-state index in [0.29, 0.717) is 11.8 Å². The number of para-hydroxylation sites is 4. The summed E-state index contributed by atoms with van der Waals surface area (Å²) in [6.07, 6.45) is 0. The van der Waals surface area contributed by atoms with Gasteiger partial charge in [-0.1, -0.05) is 232 Å². The number of oxazole rings is 2. The zero-order chi connectivity index (χ0) is 64.4. The van der Waals surface area contributed by atoms with Crippen molar-refractivity contribution in [1.29, 1.82) is 0 Å². The molecule has 0 radical (unpaired) electrons. The number of hydrogen-bond donors (Lipinski definition) is 0. The van der Waals surface area contributed by atoms with Gasteiger partial charge in [0.15, 0.2) is 11.2 Å². The third-order valence-corrected chi connectivity index (χ3v) is 20.9. The van der Waals surface area contributed by atoms with E-state index in [0.717, 1.165) is 67.5 Å². The Morgan fingerprint density at radius 3 is 0.876 bits per heavy atom. The van der Waals surface area contributed by atoms with Crippen LogP contribution in [0.1, 0.15) is 69.5 Å². The fourth-order valence-corrected chi connectivity index (χ4v) is 16.5. The Morgan fingerprint density at radius 2 is 0.526 bits per heavy atom. The second-order valence-corrected chi connectivity index (χ2v) is 26.3. The van der Waals surface area contributed by atoms with Crippen molar-refractivity contribution in [3.05, 3.63) is 395 Å².